The van der Waals surface area contributed by atoms with Gasteiger partial charge in [0.1, 0.15) is 0 Å². The monoisotopic (exact) mass is 670 g/mol. The fourth-order valence-electron chi connectivity index (χ4n) is 7.35. The van der Waals surface area contributed by atoms with E-state index >= 15 is 0 Å². The molecular weight excluding hydrogens is 620 g/mol. The predicted molar refractivity (Wildman–Crippen MR) is 186 cm³/mol. The van der Waals surface area contributed by atoms with Crippen molar-refractivity contribution in [2.24, 2.45) is 0 Å². The lowest BCUT2D eigenvalue weighted by Gasteiger charge is -2.39. The normalized spacial score (nSPS) is 23.1. The van der Waals surface area contributed by atoms with Crippen molar-refractivity contribution in [3.8, 4) is 11.1 Å². The lowest BCUT2D eigenvalue weighted by molar-refractivity contribution is -0.253. The Kier molecular flexibility index (Phi) is 12.5. The third kappa shape index (κ3) is 9.75. The van der Waals surface area contributed by atoms with Crippen LogP contribution in [0.1, 0.15) is 86.0 Å². The van der Waals surface area contributed by atoms with Crippen molar-refractivity contribution in [2.75, 3.05) is 32.7 Å². The average molecular weight is 671 g/mol. The molecule has 0 saturated carbocycles. The highest BCUT2D eigenvalue weighted by Crippen LogP contribution is 2.39. The fourth-order valence-corrected chi connectivity index (χ4v) is 7.35. The summed E-state index contributed by atoms with van der Waals surface area (Å²) in [4.78, 5) is 28.7. The maximum absolute atomic E-state index is 12.2. The van der Waals surface area contributed by atoms with Gasteiger partial charge in [-0.1, -0.05) is 66.7 Å². The first-order valence-electron chi connectivity index (χ1n) is 17.8. The molecule has 3 heterocycles. The number of aliphatic hydroxyl groups excluding tert-OH is 1. The topological polar surface area (TPSA) is 124 Å². The van der Waals surface area contributed by atoms with Gasteiger partial charge >= 0.3 is 0 Å². The fraction of sp³-hybridized carbons (Fsp3) is 0.487. The van der Waals surface area contributed by atoms with Crippen LogP contribution in [0.5, 0.6) is 0 Å². The second kappa shape index (κ2) is 17.3. The van der Waals surface area contributed by atoms with E-state index in [-0.39, 0.29) is 37.6 Å². The summed E-state index contributed by atoms with van der Waals surface area (Å²) in [7, 11) is 0. The minimum absolute atomic E-state index is 0.0187. The Balaban J connectivity index is 1.11. The summed E-state index contributed by atoms with van der Waals surface area (Å²) in [6.45, 7) is 6.00. The van der Waals surface area contributed by atoms with Crippen molar-refractivity contribution in [1.82, 2.24) is 20.6 Å². The van der Waals surface area contributed by atoms with Crippen molar-refractivity contribution in [3.05, 3.63) is 95.1 Å². The highest BCUT2D eigenvalue weighted by Gasteiger charge is 2.36. The molecule has 0 spiro atoms. The SMILES string of the molecule is O=C(CCCC(=O)NCc1cccc(-c2ccc(C3OC(CN4CCCC4CN4CCCC4)CC(c4ccc(CO)cc4)O3)cc2)c1)NO. The zero-order chi connectivity index (χ0) is 34.0. The zero-order valence-corrected chi connectivity index (χ0v) is 28.3. The number of nitrogens with zero attached hydrogens (tertiary/aromatic N) is 2. The smallest absolute Gasteiger partial charge is 0.243 e. The first-order chi connectivity index (χ1) is 24.0. The quantitative estimate of drug-likeness (QED) is 0.136. The van der Waals surface area contributed by atoms with Crippen LogP contribution in [0, 0.1) is 0 Å². The van der Waals surface area contributed by atoms with Crippen LogP contribution in [0.4, 0.5) is 0 Å². The molecule has 49 heavy (non-hydrogen) atoms. The molecule has 4 N–H and O–H groups in total. The second-order valence-corrected chi connectivity index (χ2v) is 13.6. The van der Waals surface area contributed by atoms with Gasteiger partial charge in [-0.05, 0) is 85.6 Å². The Morgan fingerprint density at radius 3 is 2.31 bits per heavy atom. The third-order valence-corrected chi connectivity index (χ3v) is 10.1. The molecule has 6 rings (SSSR count). The van der Waals surface area contributed by atoms with Gasteiger partial charge in [0.25, 0.3) is 0 Å². The van der Waals surface area contributed by atoms with Crippen molar-refractivity contribution in [1.29, 1.82) is 0 Å². The van der Waals surface area contributed by atoms with E-state index in [1.165, 1.54) is 38.8 Å². The molecule has 262 valence electrons. The largest absolute Gasteiger partial charge is 0.392 e. The molecule has 3 fully saturated rings. The Morgan fingerprint density at radius 2 is 1.55 bits per heavy atom. The average Bonchev–Trinajstić information content (AvgIpc) is 3.83. The number of hydrogen-bond donors (Lipinski definition) is 4. The van der Waals surface area contributed by atoms with Gasteiger partial charge in [0, 0.05) is 50.5 Å². The molecule has 3 saturated heterocycles. The maximum atomic E-state index is 12.2. The van der Waals surface area contributed by atoms with Crippen molar-refractivity contribution >= 4 is 11.8 Å². The molecular formula is C39H50N4O6. The summed E-state index contributed by atoms with van der Waals surface area (Å²) in [6.07, 6.45) is 5.98. The summed E-state index contributed by atoms with van der Waals surface area (Å²) in [5.74, 6) is -0.634. The first-order valence-corrected chi connectivity index (χ1v) is 17.8. The number of amides is 2. The van der Waals surface area contributed by atoms with Crippen molar-refractivity contribution in [3.63, 3.8) is 0 Å². The zero-order valence-electron chi connectivity index (χ0n) is 28.3. The summed E-state index contributed by atoms with van der Waals surface area (Å²) < 4.78 is 13.4. The lowest BCUT2D eigenvalue weighted by Crippen LogP contribution is -2.45. The number of nitrogens with one attached hydrogen (secondary N) is 2. The Labute approximate surface area is 289 Å². The van der Waals surface area contributed by atoms with Crippen LogP contribution in [0.3, 0.4) is 0 Å². The highest BCUT2D eigenvalue weighted by molar-refractivity contribution is 5.78. The van der Waals surface area contributed by atoms with E-state index in [1.807, 2.05) is 24.3 Å². The van der Waals surface area contributed by atoms with E-state index in [2.05, 4.69) is 63.6 Å². The molecule has 0 radical (unpaired) electrons. The van der Waals surface area contributed by atoms with E-state index in [1.54, 1.807) is 5.48 Å². The van der Waals surface area contributed by atoms with Gasteiger partial charge in [0.15, 0.2) is 6.29 Å². The second-order valence-electron chi connectivity index (χ2n) is 13.6. The summed E-state index contributed by atoms with van der Waals surface area (Å²) in [5.41, 5.74) is 7.61. The molecule has 4 unspecified atom stereocenters. The van der Waals surface area contributed by atoms with E-state index < -0.39 is 12.2 Å². The minimum Gasteiger partial charge on any atom is -0.392 e. The number of rotatable bonds is 14. The number of hydroxylamine groups is 1. The number of carbonyl (C=O) groups is 2. The third-order valence-electron chi connectivity index (χ3n) is 10.1. The molecule has 10 nitrogen and oxygen atoms in total. The number of benzene rings is 3. The van der Waals surface area contributed by atoms with Gasteiger partial charge in [0.2, 0.25) is 11.8 Å². The van der Waals surface area contributed by atoms with Crippen molar-refractivity contribution in [2.45, 2.75) is 89.1 Å². The summed E-state index contributed by atoms with van der Waals surface area (Å²) in [6, 6.07) is 25.1. The first kappa shape index (κ1) is 35.2. The molecule has 0 bridgehead atoms. The molecule has 3 aromatic carbocycles. The van der Waals surface area contributed by atoms with Gasteiger partial charge in [-0.3, -0.25) is 19.7 Å². The number of carbonyl (C=O) groups excluding carboxylic acids is 2. The highest BCUT2D eigenvalue weighted by atomic mass is 16.7. The predicted octanol–water partition coefficient (Wildman–Crippen LogP) is 5.24. The van der Waals surface area contributed by atoms with Crippen LogP contribution in [0.15, 0.2) is 72.8 Å². The van der Waals surface area contributed by atoms with E-state index in [4.69, 9.17) is 14.7 Å². The molecule has 2 amide bonds. The van der Waals surface area contributed by atoms with E-state index in [0.29, 0.717) is 19.0 Å². The minimum atomic E-state index is -0.500. The van der Waals surface area contributed by atoms with Gasteiger partial charge in [-0.2, -0.15) is 0 Å². The molecule has 0 aromatic heterocycles. The molecule has 4 atom stereocenters. The van der Waals surface area contributed by atoms with Crippen LogP contribution in [0.2, 0.25) is 0 Å². The molecule has 3 aliphatic heterocycles. The van der Waals surface area contributed by atoms with Crippen molar-refractivity contribution < 1.29 is 29.4 Å². The Morgan fingerprint density at radius 1 is 0.796 bits per heavy atom. The maximum Gasteiger partial charge on any atom is 0.243 e. The van der Waals surface area contributed by atoms with Crippen LogP contribution in [0.25, 0.3) is 11.1 Å². The molecule has 10 heteroatoms. The summed E-state index contributed by atoms with van der Waals surface area (Å²) >= 11 is 0. The molecule has 3 aromatic rings. The molecule has 3 aliphatic rings. The van der Waals surface area contributed by atoms with Crippen LogP contribution in [-0.2, 0) is 32.2 Å². The number of likely N-dealkylation sites (tertiary alicyclic amines) is 2. The number of hydrogen-bond acceptors (Lipinski definition) is 8. The molecule has 0 aliphatic carbocycles. The number of ether oxygens (including phenoxy) is 2. The number of aliphatic hydroxyl groups is 1. The van der Waals surface area contributed by atoms with E-state index in [9.17, 15) is 14.7 Å². The van der Waals surface area contributed by atoms with Crippen LogP contribution in [-0.4, -0.2) is 76.8 Å². The van der Waals surface area contributed by atoms with Crippen LogP contribution < -0.4 is 10.8 Å². The van der Waals surface area contributed by atoms with E-state index in [0.717, 1.165) is 59.4 Å². The Bertz CT molecular complexity index is 1510. The van der Waals surface area contributed by atoms with Crippen LogP contribution >= 0.6 is 0 Å². The van der Waals surface area contributed by atoms with Gasteiger partial charge in [-0.15, -0.1) is 0 Å². The van der Waals surface area contributed by atoms with Gasteiger partial charge in [0.05, 0.1) is 18.8 Å². The summed E-state index contributed by atoms with van der Waals surface area (Å²) in [5, 5.41) is 21.1. The Hall–Kier alpha value is -3.64. The lowest BCUT2D eigenvalue weighted by atomic mass is 9.98. The standard InChI is InChI=1S/C39H50N4O6/c44-27-28-11-13-31(14-12-28)36-23-35(26-43-21-5-8-34(43)25-42-19-1-2-20-42)48-39(49-36)32-17-15-30(16-18-32)33-7-3-6-29(22-33)24-40-37(45)9-4-10-38(46)41-47/h3,6-7,11-18,22,34-36,39,44,47H,1-2,4-5,8-10,19-21,23-27H2,(H,40,45)(H,41,46). The van der Waals surface area contributed by atoms with Gasteiger partial charge in [-0.25, -0.2) is 5.48 Å². The van der Waals surface area contributed by atoms with Gasteiger partial charge < -0.3 is 24.8 Å².